The number of hydrogen-bond donors (Lipinski definition) is 3. The lowest BCUT2D eigenvalue weighted by atomic mass is 10.1. The SMILES string of the molecule is C/C(=N/NC(=O)c1ccc(NC(=O)C2CC2)cc1)c1cccc(O)c1. The molecule has 1 fully saturated rings. The van der Waals surface area contributed by atoms with Gasteiger partial charge in [0.15, 0.2) is 0 Å². The van der Waals surface area contributed by atoms with Gasteiger partial charge in [-0.1, -0.05) is 12.1 Å². The van der Waals surface area contributed by atoms with Crippen LogP contribution in [0.3, 0.4) is 0 Å². The van der Waals surface area contributed by atoms with Crippen LogP contribution in [0.2, 0.25) is 0 Å². The third-order valence-corrected chi connectivity index (χ3v) is 3.95. The Bertz CT molecular complexity index is 824. The molecule has 0 aromatic heterocycles. The first-order chi connectivity index (χ1) is 12.0. The number of carbonyl (C=O) groups is 2. The van der Waals surface area contributed by atoms with Crippen LogP contribution in [-0.4, -0.2) is 22.6 Å². The maximum atomic E-state index is 12.1. The van der Waals surface area contributed by atoms with Gasteiger partial charge >= 0.3 is 0 Å². The van der Waals surface area contributed by atoms with E-state index in [9.17, 15) is 14.7 Å². The van der Waals surface area contributed by atoms with Crippen LogP contribution in [0.1, 0.15) is 35.7 Å². The van der Waals surface area contributed by atoms with Gasteiger partial charge in [0, 0.05) is 22.7 Å². The third-order valence-electron chi connectivity index (χ3n) is 3.95. The molecule has 0 saturated heterocycles. The van der Waals surface area contributed by atoms with Gasteiger partial charge < -0.3 is 10.4 Å². The Morgan fingerprint density at radius 2 is 1.80 bits per heavy atom. The van der Waals surface area contributed by atoms with Crippen LogP contribution >= 0.6 is 0 Å². The Balaban J connectivity index is 1.60. The maximum absolute atomic E-state index is 12.1. The fraction of sp³-hybridized carbons (Fsp3) is 0.211. The highest BCUT2D eigenvalue weighted by molar-refractivity contribution is 6.01. The molecule has 1 aliphatic rings. The molecule has 6 heteroatoms. The van der Waals surface area contributed by atoms with E-state index >= 15 is 0 Å². The van der Waals surface area contributed by atoms with Gasteiger partial charge in [-0.15, -0.1) is 0 Å². The molecule has 6 nitrogen and oxygen atoms in total. The average molecular weight is 337 g/mol. The van der Waals surface area contributed by atoms with E-state index in [-0.39, 0.29) is 23.5 Å². The summed E-state index contributed by atoms with van der Waals surface area (Å²) in [5.41, 5.74) is 4.90. The molecule has 0 heterocycles. The summed E-state index contributed by atoms with van der Waals surface area (Å²) >= 11 is 0. The Kier molecular flexibility index (Phi) is 4.79. The molecule has 0 unspecified atom stereocenters. The molecule has 0 aliphatic heterocycles. The summed E-state index contributed by atoms with van der Waals surface area (Å²) in [4.78, 5) is 23.8. The van der Waals surface area contributed by atoms with Crippen molar-refractivity contribution in [2.75, 3.05) is 5.32 Å². The number of nitrogens with zero attached hydrogens (tertiary/aromatic N) is 1. The summed E-state index contributed by atoms with van der Waals surface area (Å²) in [6.07, 6.45) is 1.89. The zero-order valence-electron chi connectivity index (χ0n) is 13.8. The monoisotopic (exact) mass is 337 g/mol. The third kappa shape index (κ3) is 4.44. The van der Waals surface area contributed by atoms with E-state index in [1.54, 1.807) is 55.5 Å². The maximum Gasteiger partial charge on any atom is 0.271 e. The first kappa shape index (κ1) is 16.7. The summed E-state index contributed by atoms with van der Waals surface area (Å²) in [6.45, 7) is 1.74. The lowest BCUT2D eigenvalue weighted by Gasteiger charge is -2.06. The molecule has 2 aromatic carbocycles. The number of nitrogens with one attached hydrogen (secondary N) is 2. The summed E-state index contributed by atoms with van der Waals surface area (Å²) in [7, 11) is 0. The van der Waals surface area contributed by atoms with Gasteiger partial charge in [-0.3, -0.25) is 9.59 Å². The molecular weight excluding hydrogens is 318 g/mol. The minimum Gasteiger partial charge on any atom is -0.508 e. The van der Waals surface area contributed by atoms with Crippen LogP contribution < -0.4 is 10.7 Å². The number of anilines is 1. The Labute approximate surface area is 145 Å². The second kappa shape index (κ2) is 7.17. The van der Waals surface area contributed by atoms with Crippen LogP contribution in [-0.2, 0) is 4.79 Å². The van der Waals surface area contributed by atoms with Crippen molar-refractivity contribution in [2.45, 2.75) is 19.8 Å². The molecular formula is C19H19N3O3. The zero-order valence-corrected chi connectivity index (χ0v) is 13.8. The highest BCUT2D eigenvalue weighted by Gasteiger charge is 2.29. The number of aromatic hydroxyl groups is 1. The van der Waals surface area contributed by atoms with Gasteiger partial charge in [0.1, 0.15) is 5.75 Å². The van der Waals surface area contributed by atoms with Crippen LogP contribution in [0.15, 0.2) is 53.6 Å². The summed E-state index contributed by atoms with van der Waals surface area (Å²) in [5.74, 6) is -0.0389. The molecule has 25 heavy (non-hydrogen) atoms. The van der Waals surface area contributed by atoms with Gasteiger partial charge in [-0.25, -0.2) is 5.43 Å². The van der Waals surface area contributed by atoms with Crippen molar-refractivity contribution in [3.05, 3.63) is 59.7 Å². The molecule has 1 saturated carbocycles. The molecule has 2 aromatic rings. The summed E-state index contributed by atoms with van der Waals surface area (Å²) < 4.78 is 0. The van der Waals surface area contributed by atoms with Gasteiger partial charge in [0.2, 0.25) is 5.91 Å². The Morgan fingerprint density at radius 1 is 1.08 bits per heavy atom. The Hall–Kier alpha value is -3.15. The lowest BCUT2D eigenvalue weighted by molar-refractivity contribution is -0.117. The van der Waals surface area contributed by atoms with Crippen LogP contribution in [0.4, 0.5) is 5.69 Å². The summed E-state index contributed by atoms with van der Waals surface area (Å²) in [5, 5.41) is 16.3. The largest absolute Gasteiger partial charge is 0.508 e. The first-order valence-corrected chi connectivity index (χ1v) is 8.08. The highest BCUT2D eigenvalue weighted by atomic mass is 16.3. The number of phenolic OH excluding ortho intramolecular Hbond substituents is 1. The van der Waals surface area contributed by atoms with E-state index in [0.29, 0.717) is 17.0 Å². The quantitative estimate of drug-likeness (QED) is 0.579. The molecule has 3 rings (SSSR count). The topological polar surface area (TPSA) is 90.8 Å². The number of amides is 2. The number of phenols is 1. The van der Waals surface area contributed by atoms with E-state index in [1.807, 2.05) is 0 Å². The molecule has 0 atom stereocenters. The van der Waals surface area contributed by atoms with Crippen molar-refractivity contribution >= 4 is 23.2 Å². The minimum atomic E-state index is -0.348. The number of rotatable bonds is 5. The molecule has 3 N–H and O–H groups in total. The predicted molar refractivity (Wildman–Crippen MR) is 95.6 cm³/mol. The van der Waals surface area contributed by atoms with Crippen molar-refractivity contribution in [3.63, 3.8) is 0 Å². The van der Waals surface area contributed by atoms with Gasteiger partial charge in [0.25, 0.3) is 5.91 Å². The van der Waals surface area contributed by atoms with E-state index in [0.717, 1.165) is 18.4 Å². The molecule has 1 aliphatic carbocycles. The van der Waals surface area contributed by atoms with E-state index in [2.05, 4.69) is 15.8 Å². The second-order valence-electron chi connectivity index (χ2n) is 6.03. The lowest BCUT2D eigenvalue weighted by Crippen LogP contribution is -2.19. The van der Waals surface area contributed by atoms with Crippen molar-refractivity contribution in [3.8, 4) is 5.75 Å². The normalized spacial score (nSPS) is 14.0. The number of hydrazone groups is 1. The smallest absolute Gasteiger partial charge is 0.271 e. The van der Waals surface area contributed by atoms with Crippen molar-refractivity contribution in [1.29, 1.82) is 0 Å². The molecule has 2 amide bonds. The van der Waals surface area contributed by atoms with E-state index < -0.39 is 0 Å². The van der Waals surface area contributed by atoms with Crippen LogP contribution in [0.25, 0.3) is 0 Å². The van der Waals surface area contributed by atoms with Gasteiger partial charge in [-0.2, -0.15) is 5.10 Å². The van der Waals surface area contributed by atoms with Gasteiger partial charge in [0.05, 0.1) is 5.71 Å². The second-order valence-corrected chi connectivity index (χ2v) is 6.03. The molecule has 128 valence electrons. The number of carbonyl (C=O) groups excluding carboxylic acids is 2. The first-order valence-electron chi connectivity index (χ1n) is 8.08. The minimum absolute atomic E-state index is 0.0311. The number of benzene rings is 2. The Morgan fingerprint density at radius 3 is 2.44 bits per heavy atom. The average Bonchev–Trinajstić information content (AvgIpc) is 3.45. The number of hydrogen-bond acceptors (Lipinski definition) is 4. The van der Waals surface area contributed by atoms with Crippen LogP contribution in [0, 0.1) is 5.92 Å². The van der Waals surface area contributed by atoms with Crippen molar-refractivity contribution < 1.29 is 14.7 Å². The fourth-order valence-electron chi connectivity index (χ4n) is 2.29. The van der Waals surface area contributed by atoms with Crippen molar-refractivity contribution in [2.24, 2.45) is 11.0 Å². The highest BCUT2D eigenvalue weighted by Crippen LogP contribution is 2.30. The standard InChI is InChI=1S/C19H19N3O3/c1-12(15-3-2-4-17(23)11-15)21-22-19(25)14-7-9-16(10-8-14)20-18(24)13-5-6-13/h2-4,7-11,13,23H,5-6H2,1H3,(H,20,24)(H,22,25)/b21-12-. The fourth-order valence-corrected chi connectivity index (χ4v) is 2.29. The van der Waals surface area contributed by atoms with E-state index in [4.69, 9.17) is 0 Å². The molecule has 0 spiro atoms. The van der Waals surface area contributed by atoms with Crippen molar-refractivity contribution in [1.82, 2.24) is 5.43 Å². The predicted octanol–water partition coefficient (Wildman–Crippen LogP) is 2.89. The molecule has 0 radical (unpaired) electrons. The van der Waals surface area contributed by atoms with Gasteiger partial charge in [-0.05, 0) is 56.2 Å². The summed E-state index contributed by atoms with van der Waals surface area (Å²) in [6, 6.07) is 13.3. The molecule has 0 bridgehead atoms. The zero-order chi connectivity index (χ0) is 17.8. The van der Waals surface area contributed by atoms with E-state index in [1.165, 1.54) is 0 Å². The van der Waals surface area contributed by atoms with Crippen LogP contribution in [0.5, 0.6) is 5.75 Å².